The van der Waals surface area contributed by atoms with Crippen LogP contribution in [-0.2, 0) is 20.9 Å². The molecule has 1 aliphatic heterocycles. The summed E-state index contributed by atoms with van der Waals surface area (Å²) < 4.78 is 4.54. The number of ether oxygens (including phenoxy) is 1. The maximum atomic E-state index is 10.7. The minimum atomic E-state index is 0.161. The molecule has 19 heavy (non-hydrogen) atoms. The Morgan fingerprint density at radius 2 is 2.11 bits per heavy atom. The number of amides is 1. The number of benzene rings is 1. The number of likely N-dealkylation sites (tertiary alicyclic amines) is 1. The lowest BCUT2D eigenvalue weighted by Crippen LogP contribution is -2.24. The molecule has 1 fully saturated rings. The van der Waals surface area contributed by atoms with Crippen molar-refractivity contribution in [1.29, 1.82) is 0 Å². The van der Waals surface area contributed by atoms with Crippen molar-refractivity contribution in [3.63, 3.8) is 0 Å². The molecular weight excluding hydrogens is 242 g/mol. The minimum Gasteiger partial charge on any atom is -0.463 e. The van der Waals surface area contributed by atoms with Crippen molar-refractivity contribution in [3.8, 4) is 0 Å². The van der Waals surface area contributed by atoms with Gasteiger partial charge in [-0.1, -0.05) is 42.5 Å². The monoisotopic (exact) mass is 261 g/mol. The zero-order valence-electron chi connectivity index (χ0n) is 11.2. The number of carbonyl (C=O) groups is 2. The zero-order chi connectivity index (χ0) is 14.1. The van der Waals surface area contributed by atoms with E-state index in [0.717, 1.165) is 25.1 Å². The standard InChI is InChI=1S/C8H8O2.C7H11NO/c9-7-10-6-8-4-2-1-3-5-8;1-6-3-4-8(5-6)7(2)9/h1-5,7H,6H2;1,3-5H2,2H3. The van der Waals surface area contributed by atoms with Gasteiger partial charge in [-0.2, -0.15) is 0 Å². The fourth-order valence-electron chi connectivity index (χ4n) is 1.69. The van der Waals surface area contributed by atoms with Crippen molar-refractivity contribution in [2.24, 2.45) is 0 Å². The molecular formula is C15H19NO3. The Hall–Kier alpha value is -2.10. The summed E-state index contributed by atoms with van der Waals surface area (Å²) in [6.07, 6.45) is 0.986. The lowest BCUT2D eigenvalue weighted by molar-refractivity contribution is -0.130. The van der Waals surface area contributed by atoms with E-state index in [1.54, 1.807) is 6.92 Å². The number of carbonyl (C=O) groups excluding carboxylic acids is 2. The summed E-state index contributed by atoms with van der Waals surface area (Å²) in [5.74, 6) is 0.161. The highest BCUT2D eigenvalue weighted by Crippen LogP contribution is 2.11. The quantitative estimate of drug-likeness (QED) is 0.618. The van der Waals surface area contributed by atoms with Gasteiger partial charge in [0.15, 0.2) is 0 Å². The van der Waals surface area contributed by atoms with Crippen molar-refractivity contribution in [2.45, 2.75) is 20.0 Å². The zero-order valence-corrected chi connectivity index (χ0v) is 11.2. The maximum absolute atomic E-state index is 10.7. The third kappa shape index (κ3) is 5.86. The van der Waals surface area contributed by atoms with Gasteiger partial charge in [0, 0.05) is 20.0 Å². The number of nitrogens with zero attached hydrogens (tertiary/aromatic N) is 1. The Bertz CT molecular complexity index is 428. The normalized spacial score (nSPS) is 13.5. The highest BCUT2D eigenvalue weighted by molar-refractivity contribution is 5.74. The van der Waals surface area contributed by atoms with E-state index in [0.29, 0.717) is 13.1 Å². The molecule has 0 unspecified atom stereocenters. The number of rotatable bonds is 3. The smallest absolute Gasteiger partial charge is 0.293 e. The van der Waals surface area contributed by atoms with Crippen LogP contribution in [0.15, 0.2) is 42.5 Å². The molecule has 1 aromatic carbocycles. The summed E-state index contributed by atoms with van der Waals surface area (Å²) in [4.78, 5) is 22.2. The van der Waals surface area contributed by atoms with Crippen LogP contribution in [0.4, 0.5) is 0 Å². The molecule has 0 spiro atoms. The Morgan fingerprint density at radius 3 is 2.53 bits per heavy atom. The molecule has 1 aromatic rings. The summed E-state index contributed by atoms with van der Waals surface area (Å²) in [6, 6.07) is 9.55. The van der Waals surface area contributed by atoms with E-state index in [1.807, 2.05) is 35.2 Å². The third-order valence-electron chi connectivity index (χ3n) is 2.76. The predicted molar refractivity (Wildman–Crippen MR) is 73.3 cm³/mol. The average molecular weight is 261 g/mol. The first kappa shape index (κ1) is 15.0. The first-order valence-electron chi connectivity index (χ1n) is 6.15. The van der Waals surface area contributed by atoms with Crippen LogP contribution < -0.4 is 0 Å². The molecule has 0 aliphatic carbocycles. The summed E-state index contributed by atoms with van der Waals surface area (Å²) in [6.45, 7) is 7.85. The Morgan fingerprint density at radius 1 is 1.42 bits per heavy atom. The highest BCUT2D eigenvalue weighted by atomic mass is 16.5. The molecule has 4 heteroatoms. The second kappa shape index (κ2) is 8.08. The molecule has 0 aromatic heterocycles. The largest absolute Gasteiger partial charge is 0.463 e. The molecule has 0 atom stereocenters. The number of hydrogen-bond acceptors (Lipinski definition) is 3. The van der Waals surface area contributed by atoms with Crippen molar-refractivity contribution >= 4 is 12.4 Å². The van der Waals surface area contributed by atoms with Crippen molar-refractivity contribution in [3.05, 3.63) is 48.0 Å². The van der Waals surface area contributed by atoms with Gasteiger partial charge in [0.05, 0.1) is 0 Å². The van der Waals surface area contributed by atoms with E-state index in [1.165, 1.54) is 5.57 Å². The summed E-state index contributed by atoms with van der Waals surface area (Å²) >= 11 is 0. The van der Waals surface area contributed by atoms with E-state index in [2.05, 4.69) is 11.3 Å². The molecule has 0 saturated carbocycles. The topological polar surface area (TPSA) is 46.6 Å². The van der Waals surface area contributed by atoms with Crippen LogP contribution in [0.2, 0.25) is 0 Å². The van der Waals surface area contributed by atoms with Crippen LogP contribution in [-0.4, -0.2) is 30.4 Å². The van der Waals surface area contributed by atoms with Gasteiger partial charge in [0.25, 0.3) is 6.47 Å². The molecule has 4 nitrogen and oxygen atoms in total. The summed E-state index contributed by atoms with van der Waals surface area (Å²) in [5.41, 5.74) is 2.18. The van der Waals surface area contributed by atoms with Crippen LogP contribution in [0, 0.1) is 0 Å². The second-order valence-corrected chi connectivity index (χ2v) is 4.33. The predicted octanol–water partition coefficient (Wildman–Crippen LogP) is 2.15. The SMILES string of the molecule is C=C1CCN(C(C)=O)C1.O=COCc1ccccc1. The average Bonchev–Trinajstić information content (AvgIpc) is 2.85. The van der Waals surface area contributed by atoms with Crippen molar-refractivity contribution < 1.29 is 14.3 Å². The molecule has 1 aliphatic rings. The lowest BCUT2D eigenvalue weighted by atomic mass is 10.2. The van der Waals surface area contributed by atoms with Crippen LogP contribution in [0.1, 0.15) is 18.9 Å². The van der Waals surface area contributed by atoms with Gasteiger partial charge < -0.3 is 9.64 Å². The summed E-state index contributed by atoms with van der Waals surface area (Å²) in [5, 5.41) is 0. The van der Waals surface area contributed by atoms with Gasteiger partial charge in [-0.15, -0.1) is 0 Å². The third-order valence-corrected chi connectivity index (χ3v) is 2.76. The molecule has 0 radical (unpaired) electrons. The second-order valence-electron chi connectivity index (χ2n) is 4.33. The van der Waals surface area contributed by atoms with E-state index < -0.39 is 0 Å². The highest BCUT2D eigenvalue weighted by Gasteiger charge is 2.15. The van der Waals surface area contributed by atoms with Gasteiger partial charge in [-0.3, -0.25) is 9.59 Å². The van der Waals surface area contributed by atoms with Gasteiger partial charge in [0.1, 0.15) is 6.61 Å². The van der Waals surface area contributed by atoms with Gasteiger partial charge >= 0.3 is 0 Å². The van der Waals surface area contributed by atoms with E-state index in [-0.39, 0.29) is 5.91 Å². The van der Waals surface area contributed by atoms with Crippen LogP contribution in [0.5, 0.6) is 0 Å². The Kier molecular flexibility index (Phi) is 6.36. The molecule has 1 amide bonds. The Labute approximate surface area is 113 Å². The number of hydrogen-bond donors (Lipinski definition) is 0. The van der Waals surface area contributed by atoms with Crippen LogP contribution in [0.3, 0.4) is 0 Å². The summed E-state index contributed by atoms with van der Waals surface area (Å²) in [7, 11) is 0. The molecule has 1 saturated heterocycles. The Balaban J connectivity index is 0.000000191. The maximum Gasteiger partial charge on any atom is 0.293 e. The lowest BCUT2D eigenvalue weighted by Gasteiger charge is -2.10. The van der Waals surface area contributed by atoms with Crippen LogP contribution >= 0.6 is 0 Å². The van der Waals surface area contributed by atoms with Gasteiger partial charge in [0.2, 0.25) is 5.91 Å². The molecule has 2 rings (SSSR count). The van der Waals surface area contributed by atoms with Crippen LogP contribution in [0.25, 0.3) is 0 Å². The van der Waals surface area contributed by atoms with Gasteiger partial charge in [-0.25, -0.2) is 0 Å². The van der Waals surface area contributed by atoms with Gasteiger partial charge in [-0.05, 0) is 12.0 Å². The fourth-order valence-corrected chi connectivity index (χ4v) is 1.69. The van der Waals surface area contributed by atoms with E-state index in [9.17, 15) is 9.59 Å². The fraction of sp³-hybridized carbons (Fsp3) is 0.333. The van der Waals surface area contributed by atoms with Crippen molar-refractivity contribution in [2.75, 3.05) is 13.1 Å². The van der Waals surface area contributed by atoms with E-state index >= 15 is 0 Å². The molecule has 0 N–H and O–H groups in total. The first-order valence-corrected chi connectivity index (χ1v) is 6.15. The minimum absolute atomic E-state index is 0.161. The van der Waals surface area contributed by atoms with Crippen molar-refractivity contribution in [1.82, 2.24) is 4.90 Å². The first-order chi connectivity index (χ1) is 9.13. The molecule has 1 heterocycles. The van der Waals surface area contributed by atoms with E-state index in [4.69, 9.17) is 0 Å². The molecule has 0 bridgehead atoms. The molecule has 102 valence electrons.